The summed E-state index contributed by atoms with van der Waals surface area (Å²) in [6, 6.07) is 13.4. The van der Waals surface area contributed by atoms with Crippen LogP contribution in [0.4, 0.5) is 4.39 Å². The summed E-state index contributed by atoms with van der Waals surface area (Å²) in [5.74, 6) is -0.209. The normalized spacial score (nSPS) is 13.8. The van der Waals surface area contributed by atoms with Gasteiger partial charge in [0.1, 0.15) is 11.6 Å². The highest BCUT2D eigenvalue weighted by Gasteiger charge is 2.24. The smallest absolute Gasteiger partial charge is 0.126 e. The summed E-state index contributed by atoms with van der Waals surface area (Å²) in [6.07, 6.45) is -0.882. The van der Waals surface area contributed by atoms with Crippen molar-refractivity contribution in [2.24, 2.45) is 5.73 Å². The molecule has 2 aromatic carbocycles. The lowest BCUT2D eigenvalue weighted by atomic mass is 9.89. The van der Waals surface area contributed by atoms with Crippen molar-refractivity contribution in [3.63, 3.8) is 0 Å². The Kier molecular flexibility index (Phi) is 4.71. The molecule has 2 rings (SSSR count). The van der Waals surface area contributed by atoms with Crippen LogP contribution in [0, 0.1) is 5.82 Å². The van der Waals surface area contributed by atoms with Crippen molar-refractivity contribution in [1.29, 1.82) is 0 Å². The van der Waals surface area contributed by atoms with Gasteiger partial charge in [0.15, 0.2) is 0 Å². The second-order valence-electron chi connectivity index (χ2n) is 4.59. The van der Waals surface area contributed by atoms with Crippen molar-refractivity contribution in [2.45, 2.75) is 12.0 Å². The van der Waals surface area contributed by atoms with E-state index >= 15 is 0 Å². The SMILES string of the molecule is COc1cccc(C(O)C(CN)c2ccccc2F)c1. The van der Waals surface area contributed by atoms with Crippen LogP contribution in [0.15, 0.2) is 48.5 Å². The summed E-state index contributed by atoms with van der Waals surface area (Å²) in [5, 5.41) is 10.5. The van der Waals surface area contributed by atoms with Gasteiger partial charge in [-0.1, -0.05) is 30.3 Å². The largest absolute Gasteiger partial charge is 0.497 e. The highest BCUT2D eigenvalue weighted by atomic mass is 19.1. The molecule has 0 bridgehead atoms. The first kappa shape index (κ1) is 14.5. The molecule has 0 aliphatic heterocycles. The number of rotatable bonds is 5. The minimum atomic E-state index is -0.882. The van der Waals surface area contributed by atoms with Crippen molar-refractivity contribution < 1.29 is 14.2 Å². The molecule has 0 aliphatic rings. The van der Waals surface area contributed by atoms with Gasteiger partial charge in [-0.2, -0.15) is 0 Å². The van der Waals surface area contributed by atoms with Gasteiger partial charge in [-0.05, 0) is 29.3 Å². The van der Waals surface area contributed by atoms with E-state index in [9.17, 15) is 9.50 Å². The first-order valence-electron chi connectivity index (χ1n) is 6.44. The Morgan fingerprint density at radius 1 is 1.20 bits per heavy atom. The maximum absolute atomic E-state index is 13.9. The fourth-order valence-electron chi connectivity index (χ4n) is 2.26. The van der Waals surface area contributed by atoms with E-state index in [-0.39, 0.29) is 12.4 Å². The third kappa shape index (κ3) is 2.98. The van der Waals surface area contributed by atoms with Gasteiger partial charge in [0.05, 0.1) is 13.2 Å². The summed E-state index contributed by atoms with van der Waals surface area (Å²) in [7, 11) is 1.56. The van der Waals surface area contributed by atoms with Gasteiger partial charge in [-0.25, -0.2) is 4.39 Å². The van der Waals surface area contributed by atoms with Crippen LogP contribution in [-0.4, -0.2) is 18.8 Å². The van der Waals surface area contributed by atoms with Crippen LogP contribution in [0.2, 0.25) is 0 Å². The molecular weight excluding hydrogens is 257 g/mol. The van der Waals surface area contributed by atoms with Gasteiger partial charge >= 0.3 is 0 Å². The maximum Gasteiger partial charge on any atom is 0.126 e. The summed E-state index contributed by atoms with van der Waals surface area (Å²) in [5.41, 5.74) is 6.80. The summed E-state index contributed by atoms with van der Waals surface area (Å²) in [6.45, 7) is 0.152. The zero-order chi connectivity index (χ0) is 14.5. The quantitative estimate of drug-likeness (QED) is 0.882. The molecule has 0 heterocycles. The predicted molar refractivity (Wildman–Crippen MR) is 76.1 cm³/mol. The van der Waals surface area contributed by atoms with Crippen LogP contribution in [0.1, 0.15) is 23.1 Å². The lowest BCUT2D eigenvalue weighted by Gasteiger charge is -2.23. The van der Waals surface area contributed by atoms with Crippen molar-refractivity contribution in [3.8, 4) is 5.75 Å². The Bertz CT molecular complexity index is 574. The molecule has 2 unspecified atom stereocenters. The summed E-state index contributed by atoms with van der Waals surface area (Å²) < 4.78 is 19.0. The second kappa shape index (κ2) is 6.50. The average Bonchev–Trinajstić information content (AvgIpc) is 2.49. The molecule has 0 spiro atoms. The molecule has 0 aromatic heterocycles. The third-order valence-electron chi connectivity index (χ3n) is 3.38. The number of benzene rings is 2. The van der Waals surface area contributed by atoms with Crippen LogP contribution >= 0.6 is 0 Å². The van der Waals surface area contributed by atoms with E-state index in [0.29, 0.717) is 16.9 Å². The molecule has 0 radical (unpaired) electrons. The van der Waals surface area contributed by atoms with Crippen LogP contribution < -0.4 is 10.5 Å². The number of aliphatic hydroxyl groups is 1. The molecule has 20 heavy (non-hydrogen) atoms. The Morgan fingerprint density at radius 2 is 1.95 bits per heavy atom. The van der Waals surface area contributed by atoms with Gasteiger partial charge in [0.25, 0.3) is 0 Å². The number of hydrogen-bond donors (Lipinski definition) is 2. The molecule has 0 fully saturated rings. The highest BCUT2D eigenvalue weighted by Crippen LogP contribution is 2.32. The van der Waals surface area contributed by atoms with Crippen LogP contribution in [0.3, 0.4) is 0 Å². The number of ether oxygens (including phenoxy) is 1. The van der Waals surface area contributed by atoms with Gasteiger partial charge in [-0.15, -0.1) is 0 Å². The first-order chi connectivity index (χ1) is 9.67. The van der Waals surface area contributed by atoms with E-state index in [4.69, 9.17) is 10.5 Å². The fraction of sp³-hybridized carbons (Fsp3) is 0.250. The third-order valence-corrected chi connectivity index (χ3v) is 3.38. The highest BCUT2D eigenvalue weighted by molar-refractivity contribution is 5.33. The van der Waals surface area contributed by atoms with Gasteiger partial charge in [-0.3, -0.25) is 0 Å². The van der Waals surface area contributed by atoms with Crippen LogP contribution in [0.5, 0.6) is 5.75 Å². The topological polar surface area (TPSA) is 55.5 Å². The van der Waals surface area contributed by atoms with E-state index in [2.05, 4.69) is 0 Å². The zero-order valence-electron chi connectivity index (χ0n) is 11.3. The molecule has 0 saturated carbocycles. The molecule has 3 N–H and O–H groups in total. The molecule has 3 nitrogen and oxygen atoms in total. The van der Waals surface area contributed by atoms with E-state index in [1.165, 1.54) is 6.07 Å². The first-order valence-corrected chi connectivity index (χ1v) is 6.44. The van der Waals surface area contributed by atoms with Gasteiger partial charge in [0.2, 0.25) is 0 Å². The van der Waals surface area contributed by atoms with Crippen molar-refractivity contribution in [1.82, 2.24) is 0 Å². The van der Waals surface area contributed by atoms with E-state index in [1.807, 2.05) is 0 Å². The molecule has 4 heteroatoms. The van der Waals surface area contributed by atoms with E-state index in [1.54, 1.807) is 49.6 Å². The maximum atomic E-state index is 13.9. The van der Waals surface area contributed by atoms with Crippen LogP contribution in [0.25, 0.3) is 0 Å². The molecule has 0 amide bonds. The van der Waals surface area contributed by atoms with Crippen LogP contribution in [-0.2, 0) is 0 Å². The number of aliphatic hydroxyl groups excluding tert-OH is 1. The number of hydrogen-bond acceptors (Lipinski definition) is 3. The van der Waals surface area contributed by atoms with E-state index < -0.39 is 12.0 Å². The minimum absolute atomic E-state index is 0.152. The number of nitrogens with two attached hydrogens (primary N) is 1. The zero-order valence-corrected chi connectivity index (χ0v) is 11.3. The Labute approximate surface area is 117 Å². The Hall–Kier alpha value is -1.91. The van der Waals surface area contributed by atoms with Crippen molar-refractivity contribution >= 4 is 0 Å². The molecule has 2 aromatic rings. The monoisotopic (exact) mass is 275 g/mol. The lowest BCUT2D eigenvalue weighted by molar-refractivity contribution is 0.145. The standard InChI is InChI=1S/C16H18FNO2/c1-20-12-6-4-5-11(9-12)16(19)14(10-18)13-7-2-3-8-15(13)17/h2-9,14,16,19H,10,18H2,1H3. The minimum Gasteiger partial charge on any atom is -0.497 e. The molecule has 106 valence electrons. The summed E-state index contributed by atoms with van der Waals surface area (Å²) in [4.78, 5) is 0. The number of halogens is 1. The van der Waals surface area contributed by atoms with E-state index in [0.717, 1.165) is 0 Å². The average molecular weight is 275 g/mol. The summed E-state index contributed by atoms with van der Waals surface area (Å²) >= 11 is 0. The molecule has 0 aliphatic carbocycles. The lowest BCUT2D eigenvalue weighted by Crippen LogP contribution is -2.21. The van der Waals surface area contributed by atoms with Crippen molar-refractivity contribution in [2.75, 3.05) is 13.7 Å². The van der Waals surface area contributed by atoms with Gasteiger partial charge < -0.3 is 15.6 Å². The Morgan fingerprint density at radius 3 is 2.60 bits per heavy atom. The Balaban J connectivity index is 2.33. The molecular formula is C16H18FNO2. The van der Waals surface area contributed by atoms with Crippen molar-refractivity contribution in [3.05, 3.63) is 65.5 Å². The van der Waals surface area contributed by atoms with Gasteiger partial charge in [0, 0.05) is 12.5 Å². The predicted octanol–water partition coefficient (Wildman–Crippen LogP) is 2.61. The second-order valence-corrected chi connectivity index (χ2v) is 4.59. The fourth-order valence-corrected chi connectivity index (χ4v) is 2.26. The molecule has 0 saturated heterocycles. The molecule has 2 atom stereocenters. The number of methoxy groups -OCH3 is 1.